The molecule has 2 aromatic carbocycles. The summed E-state index contributed by atoms with van der Waals surface area (Å²) < 4.78 is 26.6. The third-order valence-electron chi connectivity index (χ3n) is 4.42. The highest BCUT2D eigenvalue weighted by Gasteiger charge is 2.16. The minimum absolute atomic E-state index is 0.0414. The third kappa shape index (κ3) is 5.12. The first kappa shape index (κ1) is 20.6. The normalized spacial score (nSPS) is 10.6. The molecule has 0 aromatic heterocycles. The first-order valence-electron chi connectivity index (χ1n) is 9.01. The molecule has 0 fully saturated rings. The molecule has 2 aromatic rings. The standard InChI is InChI=1S/C21H24F2N2O2/c1-4-15-7-6-8-16(5-2)21(15)24-20(27)11-12-25(14(3)26)17-9-10-18(22)19(23)13-17/h6-10,13H,4-5,11-12H2,1-3H3,(H,24,27). The van der Waals surface area contributed by atoms with Crippen molar-refractivity contribution in [1.82, 2.24) is 0 Å². The molecule has 0 aliphatic heterocycles. The van der Waals surface area contributed by atoms with Crippen molar-refractivity contribution in [2.24, 2.45) is 0 Å². The lowest BCUT2D eigenvalue weighted by Gasteiger charge is -2.21. The zero-order chi connectivity index (χ0) is 20.0. The van der Waals surface area contributed by atoms with E-state index < -0.39 is 11.6 Å². The predicted octanol–water partition coefficient (Wildman–Crippen LogP) is 4.47. The van der Waals surface area contributed by atoms with Gasteiger partial charge < -0.3 is 10.2 Å². The molecule has 0 bridgehead atoms. The molecule has 1 N–H and O–H groups in total. The lowest BCUT2D eigenvalue weighted by atomic mass is 10.0. The summed E-state index contributed by atoms with van der Waals surface area (Å²) in [6, 6.07) is 9.14. The van der Waals surface area contributed by atoms with Crippen LogP contribution in [0.5, 0.6) is 0 Å². The molecule has 0 saturated heterocycles. The molecule has 0 radical (unpaired) electrons. The van der Waals surface area contributed by atoms with E-state index in [1.54, 1.807) is 0 Å². The molecule has 0 aliphatic rings. The lowest BCUT2D eigenvalue weighted by molar-refractivity contribution is -0.117. The van der Waals surface area contributed by atoms with Crippen LogP contribution >= 0.6 is 0 Å². The van der Waals surface area contributed by atoms with Crippen LogP contribution in [0.1, 0.15) is 38.3 Å². The number of para-hydroxylation sites is 1. The number of hydrogen-bond acceptors (Lipinski definition) is 2. The Hall–Kier alpha value is -2.76. The van der Waals surface area contributed by atoms with Gasteiger partial charge in [-0.25, -0.2) is 8.78 Å². The molecule has 144 valence electrons. The van der Waals surface area contributed by atoms with E-state index >= 15 is 0 Å². The summed E-state index contributed by atoms with van der Waals surface area (Å²) in [6.45, 7) is 5.43. The number of halogens is 2. The maximum absolute atomic E-state index is 13.5. The maximum atomic E-state index is 13.5. The molecular formula is C21H24F2N2O2. The van der Waals surface area contributed by atoms with E-state index in [9.17, 15) is 18.4 Å². The number of amides is 2. The highest BCUT2D eigenvalue weighted by atomic mass is 19.2. The Morgan fingerprint density at radius 3 is 2.15 bits per heavy atom. The highest BCUT2D eigenvalue weighted by Crippen LogP contribution is 2.23. The van der Waals surface area contributed by atoms with Crippen LogP contribution in [-0.4, -0.2) is 18.4 Å². The molecule has 0 saturated carbocycles. The third-order valence-corrected chi connectivity index (χ3v) is 4.42. The molecule has 2 rings (SSSR count). The van der Waals surface area contributed by atoms with Crippen molar-refractivity contribution in [3.05, 3.63) is 59.2 Å². The minimum atomic E-state index is -1.03. The van der Waals surface area contributed by atoms with Gasteiger partial charge in [0.25, 0.3) is 0 Å². The summed E-state index contributed by atoms with van der Waals surface area (Å²) in [4.78, 5) is 25.6. The van der Waals surface area contributed by atoms with Crippen molar-refractivity contribution in [3.8, 4) is 0 Å². The minimum Gasteiger partial charge on any atom is -0.326 e. The maximum Gasteiger partial charge on any atom is 0.226 e. The number of rotatable bonds is 7. The average Bonchev–Trinajstić information content (AvgIpc) is 2.64. The summed E-state index contributed by atoms with van der Waals surface area (Å²) >= 11 is 0. The van der Waals surface area contributed by atoms with Gasteiger partial charge in [-0.15, -0.1) is 0 Å². The molecule has 0 spiro atoms. The van der Waals surface area contributed by atoms with Gasteiger partial charge in [0.15, 0.2) is 11.6 Å². The Morgan fingerprint density at radius 1 is 1.00 bits per heavy atom. The van der Waals surface area contributed by atoms with Crippen molar-refractivity contribution in [2.45, 2.75) is 40.0 Å². The van der Waals surface area contributed by atoms with Crippen LogP contribution in [0, 0.1) is 11.6 Å². The lowest BCUT2D eigenvalue weighted by Crippen LogP contribution is -2.32. The summed E-state index contributed by atoms with van der Waals surface area (Å²) in [6.07, 6.45) is 1.62. The summed E-state index contributed by atoms with van der Waals surface area (Å²) in [5.41, 5.74) is 3.13. The van der Waals surface area contributed by atoms with Crippen LogP contribution in [0.2, 0.25) is 0 Å². The van der Waals surface area contributed by atoms with Gasteiger partial charge in [-0.2, -0.15) is 0 Å². The quantitative estimate of drug-likeness (QED) is 0.777. The largest absolute Gasteiger partial charge is 0.326 e. The van der Waals surface area contributed by atoms with Crippen LogP contribution in [0.4, 0.5) is 20.2 Å². The van der Waals surface area contributed by atoms with E-state index in [0.29, 0.717) is 0 Å². The molecule has 27 heavy (non-hydrogen) atoms. The summed E-state index contributed by atoms with van der Waals surface area (Å²) in [5, 5.41) is 2.94. The Balaban J connectivity index is 2.11. The molecule has 0 unspecified atom stereocenters. The Bertz CT molecular complexity index is 815. The molecular weight excluding hydrogens is 350 g/mol. The molecule has 4 nitrogen and oxygen atoms in total. The number of nitrogens with one attached hydrogen (secondary N) is 1. The second kappa shape index (κ2) is 9.26. The number of carbonyl (C=O) groups excluding carboxylic acids is 2. The predicted molar refractivity (Wildman–Crippen MR) is 103 cm³/mol. The van der Waals surface area contributed by atoms with Crippen LogP contribution in [0.15, 0.2) is 36.4 Å². The number of carbonyl (C=O) groups is 2. The van der Waals surface area contributed by atoms with E-state index in [1.165, 1.54) is 17.9 Å². The SMILES string of the molecule is CCc1cccc(CC)c1NC(=O)CCN(C(C)=O)c1ccc(F)c(F)c1. The van der Waals surface area contributed by atoms with Gasteiger partial charge in [0.2, 0.25) is 11.8 Å². The van der Waals surface area contributed by atoms with Crippen molar-refractivity contribution >= 4 is 23.2 Å². The van der Waals surface area contributed by atoms with Crippen molar-refractivity contribution < 1.29 is 18.4 Å². The van der Waals surface area contributed by atoms with Crippen LogP contribution in [0.25, 0.3) is 0 Å². The molecule has 6 heteroatoms. The van der Waals surface area contributed by atoms with Gasteiger partial charge in [0.1, 0.15) is 0 Å². The van der Waals surface area contributed by atoms with E-state index in [4.69, 9.17) is 0 Å². The zero-order valence-electron chi connectivity index (χ0n) is 15.8. The topological polar surface area (TPSA) is 49.4 Å². The highest BCUT2D eigenvalue weighted by molar-refractivity contribution is 5.95. The van der Waals surface area contributed by atoms with Crippen LogP contribution < -0.4 is 10.2 Å². The second-order valence-electron chi connectivity index (χ2n) is 6.23. The van der Waals surface area contributed by atoms with Crippen molar-refractivity contribution in [2.75, 3.05) is 16.8 Å². The fourth-order valence-corrected chi connectivity index (χ4v) is 2.94. The van der Waals surface area contributed by atoms with E-state index in [0.717, 1.165) is 41.8 Å². The monoisotopic (exact) mass is 374 g/mol. The molecule has 0 heterocycles. The Kier molecular flexibility index (Phi) is 7.05. The van der Waals surface area contributed by atoms with E-state index in [2.05, 4.69) is 5.32 Å². The number of nitrogens with zero attached hydrogens (tertiary/aromatic N) is 1. The van der Waals surface area contributed by atoms with Gasteiger partial charge in [0.05, 0.1) is 0 Å². The summed E-state index contributed by atoms with van der Waals surface area (Å²) in [5.74, 6) is -2.60. The average molecular weight is 374 g/mol. The number of hydrogen-bond donors (Lipinski definition) is 1. The first-order valence-corrected chi connectivity index (χ1v) is 9.01. The Labute approximate surface area is 158 Å². The summed E-state index contributed by atoms with van der Waals surface area (Å²) in [7, 11) is 0. The zero-order valence-corrected chi connectivity index (χ0v) is 15.8. The number of benzene rings is 2. The first-order chi connectivity index (χ1) is 12.9. The second-order valence-corrected chi connectivity index (χ2v) is 6.23. The van der Waals surface area contributed by atoms with E-state index in [1.807, 2.05) is 32.0 Å². The van der Waals surface area contributed by atoms with Gasteiger partial charge in [-0.3, -0.25) is 9.59 Å². The van der Waals surface area contributed by atoms with E-state index in [-0.39, 0.29) is 30.5 Å². The molecule has 0 atom stereocenters. The van der Waals surface area contributed by atoms with Crippen LogP contribution in [0.3, 0.4) is 0 Å². The van der Waals surface area contributed by atoms with Crippen molar-refractivity contribution in [3.63, 3.8) is 0 Å². The fourth-order valence-electron chi connectivity index (χ4n) is 2.94. The van der Waals surface area contributed by atoms with Gasteiger partial charge in [-0.05, 0) is 36.1 Å². The molecule has 2 amide bonds. The fraction of sp³-hybridized carbons (Fsp3) is 0.333. The van der Waals surface area contributed by atoms with Gasteiger partial charge >= 0.3 is 0 Å². The van der Waals surface area contributed by atoms with Gasteiger partial charge in [-0.1, -0.05) is 32.0 Å². The smallest absolute Gasteiger partial charge is 0.226 e. The number of aryl methyl sites for hydroxylation is 2. The molecule has 0 aliphatic carbocycles. The van der Waals surface area contributed by atoms with Gasteiger partial charge in [0, 0.05) is 37.3 Å². The Morgan fingerprint density at radius 2 is 1.63 bits per heavy atom. The van der Waals surface area contributed by atoms with Crippen LogP contribution in [-0.2, 0) is 22.4 Å². The van der Waals surface area contributed by atoms with Crippen molar-refractivity contribution in [1.29, 1.82) is 0 Å². The number of anilines is 2.